The fourth-order valence-electron chi connectivity index (χ4n) is 4.06. The fourth-order valence-corrected chi connectivity index (χ4v) is 4.14. The van der Waals surface area contributed by atoms with Crippen molar-refractivity contribution in [3.8, 4) is 17.0 Å². The Bertz CT molecular complexity index is 1070. The van der Waals surface area contributed by atoms with Gasteiger partial charge >= 0.3 is 5.57 Å². The van der Waals surface area contributed by atoms with Crippen LogP contribution in [0.25, 0.3) is 11.3 Å². The summed E-state index contributed by atoms with van der Waals surface area (Å²) in [6, 6.07) is 10.2. The van der Waals surface area contributed by atoms with Gasteiger partial charge in [-0.25, -0.2) is 4.98 Å². The van der Waals surface area contributed by atoms with E-state index >= 15 is 0 Å². The van der Waals surface area contributed by atoms with Crippen LogP contribution in [0.3, 0.4) is 0 Å². The zero-order chi connectivity index (χ0) is 22.2. The topological polar surface area (TPSA) is 78.1 Å². The molecular weight excluding hydrogens is 438 g/mol. The average molecular weight is 461 g/mol. The molecule has 2 aromatic heterocycles. The van der Waals surface area contributed by atoms with Crippen molar-refractivity contribution in [2.45, 2.75) is 30.5 Å². The second kappa shape index (κ2) is 8.22. The number of nitrogens with one attached hydrogen (secondary N) is 3. The van der Waals surface area contributed by atoms with Crippen molar-refractivity contribution in [2.75, 3.05) is 29.9 Å². The van der Waals surface area contributed by atoms with Gasteiger partial charge in [-0.15, -0.1) is 8.78 Å². The summed E-state index contributed by atoms with van der Waals surface area (Å²) >= 11 is 4.80. The van der Waals surface area contributed by atoms with Crippen LogP contribution < -0.4 is 20.3 Å². The van der Waals surface area contributed by atoms with E-state index in [9.17, 15) is 8.78 Å². The van der Waals surface area contributed by atoms with Gasteiger partial charge in [-0.3, -0.25) is 5.10 Å². The largest absolute Gasteiger partial charge is 0.487 e. The molecule has 0 amide bonds. The van der Waals surface area contributed by atoms with Crippen molar-refractivity contribution in [2.24, 2.45) is 0 Å². The lowest BCUT2D eigenvalue weighted by Crippen LogP contribution is -2.53. The number of piperazine rings is 1. The van der Waals surface area contributed by atoms with Crippen LogP contribution >= 0.6 is 11.6 Å². The molecule has 10 heteroatoms. The normalized spacial score (nSPS) is 17.4. The number of ether oxygens (including phenoxy) is 1. The second-order valence-electron chi connectivity index (χ2n) is 8.24. The molecule has 2 fully saturated rings. The molecule has 1 aromatic carbocycles. The average Bonchev–Trinajstić information content (AvgIpc) is 3.28. The number of hydrogen-bond acceptors (Lipinski definition) is 6. The van der Waals surface area contributed by atoms with Gasteiger partial charge in [-0.2, -0.15) is 5.10 Å². The standard InChI is InChI=1S/C22H23ClF2N6O/c23-22(24,25)32-17-3-1-16(2-4-17)26-12-15-11-18(19-5-8-29-30-19)20(27-13-15)31-10-9-28-21(14-31)6-7-21/h1-5,8,11,13,26,28H,6-7,9-10,12,14H2,(H,29,30). The van der Waals surface area contributed by atoms with Gasteiger partial charge in [-0.05, 0) is 54.8 Å². The minimum absolute atomic E-state index is 0.00689. The minimum Gasteiger partial charge on any atom is -0.420 e. The molecule has 1 aliphatic heterocycles. The molecule has 3 aromatic rings. The lowest BCUT2D eigenvalue weighted by atomic mass is 10.1. The lowest BCUT2D eigenvalue weighted by molar-refractivity contribution is -0.0964. The molecule has 0 atom stereocenters. The van der Waals surface area contributed by atoms with Crippen molar-refractivity contribution >= 4 is 23.1 Å². The first-order chi connectivity index (χ1) is 15.4. The Hall–Kier alpha value is -2.91. The van der Waals surface area contributed by atoms with Crippen molar-refractivity contribution < 1.29 is 13.5 Å². The van der Waals surface area contributed by atoms with E-state index in [2.05, 4.69) is 36.5 Å². The molecule has 5 rings (SSSR count). The van der Waals surface area contributed by atoms with Gasteiger partial charge in [0.1, 0.15) is 11.6 Å². The van der Waals surface area contributed by atoms with Crippen LogP contribution in [-0.2, 0) is 6.54 Å². The third-order valence-electron chi connectivity index (χ3n) is 5.83. The Morgan fingerprint density at radius 1 is 1.22 bits per heavy atom. The Morgan fingerprint density at radius 3 is 2.72 bits per heavy atom. The first kappa shape index (κ1) is 21.0. The van der Waals surface area contributed by atoms with Gasteiger partial charge in [0.05, 0.1) is 5.69 Å². The minimum atomic E-state index is -3.73. The molecule has 2 aliphatic rings. The maximum atomic E-state index is 12.8. The first-order valence-corrected chi connectivity index (χ1v) is 10.9. The summed E-state index contributed by atoms with van der Waals surface area (Å²) in [6.07, 6.45) is 6.02. The van der Waals surface area contributed by atoms with Gasteiger partial charge < -0.3 is 20.3 Å². The molecule has 1 saturated carbocycles. The summed E-state index contributed by atoms with van der Waals surface area (Å²) in [4.78, 5) is 7.16. The molecule has 3 heterocycles. The number of H-pyrrole nitrogens is 1. The van der Waals surface area contributed by atoms with Crippen LogP contribution in [0, 0.1) is 0 Å². The predicted octanol–water partition coefficient (Wildman–Crippen LogP) is 4.19. The molecule has 0 unspecified atom stereocenters. The van der Waals surface area contributed by atoms with Crippen LogP contribution in [0.4, 0.5) is 20.3 Å². The third-order valence-corrected chi connectivity index (χ3v) is 5.90. The fraction of sp³-hybridized carbons (Fsp3) is 0.364. The number of halogens is 3. The van der Waals surface area contributed by atoms with Crippen LogP contribution in [0.2, 0.25) is 0 Å². The first-order valence-electron chi connectivity index (χ1n) is 10.5. The highest BCUT2D eigenvalue weighted by molar-refractivity contribution is 6.20. The molecule has 1 saturated heterocycles. The number of hydrogen-bond donors (Lipinski definition) is 3. The SMILES string of the molecule is FC(F)(Cl)Oc1ccc(NCc2cnc(N3CCNC4(CC4)C3)c(-c3ccn[nH]3)c2)cc1. The monoisotopic (exact) mass is 460 g/mol. The third kappa shape index (κ3) is 4.78. The van der Waals surface area contributed by atoms with Gasteiger partial charge in [0.25, 0.3) is 0 Å². The van der Waals surface area contributed by atoms with Gasteiger partial charge in [0.15, 0.2) is 0 Å². The molecule has 32 heavy (non-hydrogen) atoms. The highest BCUT2D eigenvalue weighted by atomic mass is 35.5. The Kier molecular flexibility index (Phi) is 5.38. The Balaban J connectivity index is 1.32. The molecule has 0 radical (unpaired) electrons. The number of rotatable bonds is 7. The van der Waals surface area contributed by atoms with Gasteiger partial charge in [-0.1, -0.05) is 0 Å². The maximum Gasteiger partial charge on any atom is 0.487 e. The van der Waals surface area contributed by atoms with Crippen molar-refractivity contribution in [3.63, 3.8) is 0 Å². The van der Waals surface area contributed by atoms with Crippen molar-refractivity contribution in [1.82, 2.24) is 20.5 Å². The van der Waals surface area contributed by atoms with Gasteiger partial charge in [0.2, 0.25) is 0 Å². The number of anilines is 2. The van der Waals surface area contributed by atoms with E-state index in [0.29, 0.717) is 6.54 Å². The van der Waals surface area contributed by atoms with Crippen molar-refractivity contribution in [1.29, 1.82) is 0 Å². The number of aromatic nitrogens is 3. The van der Waals surface area contributed by atoms with E-state index < -0.39 is 5.57 Å². The molecular formula is C22H23ClF2N6O. The Labute approximate surface area is 189 Å². The highest BCUT2D eigenvalue weighted by Gasteiger charge is 2.46. The van der Waals surface area contributed by atoms with Crippen LogP contribution in [0.5, 0.6) is 5.75 Å². The zero-order valence-electron chi connectivity index (χ0n) is 17.2. The summed E-state index contributed by atoms with van der Waals surface area (Å²) in [5, 5.41) is 14.1. The van der Waals surface area contributed by atoms with Crippen LogP contribution in [0.1, 0.15) is 18.4 Å². The number of pyridine rings is 1. The number of nitrogens with zero attached hydrogens (tertiary/aromatic N) is 3. The maximum absolute atomic E-state index is 12.8. The molecule has 0 bridgehead atoms. The smallest absolute Gasteiger partial charge is 0.420 e. The zero-order valence-corrected chi connectivity index (χ0v) is 18.0. The van der Waals surface area contributed by atoms with Crippen LogP contribution in [-0.4, -0.2) is 45.9 Å². The lowest BCUT2D eigenvalue weighted by Gasteiger charge is -2.35. The summed E-state index contributed by atoms with van der Waals surface area (Å²) < 4.78 is 29.8. The summed E-state index contributed by atoms with van der Waals surface area (Å²) in [7, 11) is 0. The van der Waals surface area contributed by atoms with E-state index in [1.165, 1.54) is 25.0 Å². The van der Waals surface area contributed by atoms with Crippen molar-refractivity contribution in [3.05, 3.63) is 54.4 Å². The molecule has 1 aliphatic carbocycles. The van der Waals surface area contributed by atoms with E-state index in [0.717, 1.165) is 48.0 Å². The van der Waals surface area contributed by atoms with E-state index in [4.69, 9.17) is 16.6 Å². The van der Waals surface area contributed by atoms with E-state index in [1.807, 2.05) is 12.3 Å². The van der Waals surface area contributed by atoms with Crippen LogP contribution in [0.15, 0.2) is 48.8 Å². The summed E-state index contributed by atoms with van der Waals surface area (Å²) in [5.41, 5.74) is 0.195. The number of aromatic amines is 1. The second-order valence-corrected chi connectivity index (χ2v) is 8.68. The molecule has 3 N–H and O–H groups in total. The summed E-state index contributed by atoms with van der Waals surface area (Å²) in [6.45, 7) is 3.33. The Morgan fingerprint density at radius 2 is 2.03 bits per heavy atom. The number of alkyl halides is 3. The quantitative estimate of drug-likeness (QED) is 0.459. The van der Waals surface area contributed by atoms with E-state index in [1.54, 1.807) is 18.3 Å². The summed E-state index contributed by atoms with van der Waals surface area (Å²) in [5.74, 6) is 0.946. The van der Waals surface area contributed by atoms with Gasteiger partial charge in [0, 0.05) is 67.0 Å². The highest BCUT2D eigenvalue weighted by Crippen LogP contribution is 2.40. The molecule has 7 nitrogen and oxygen atoms in total. The number of benzene rings is 1. The van der Waals surface area contributed by atoms with E-state index in [-0.39, 0.29) is 11.3 Å². The predicted molar refractivity (Wildman–Crippen MR) is 119 cm³/mol. The molecule has 168 valence electrons. The molecule has 1 spiro atoms.